The largest absolute Gasteiger partial charge is 0.481 e. The molecule has 0 aliphatic carbocycles. The predicted molar refractivity (Wildman–Crippen MR) is 76.4 cm³/mol. The van der Waals surface area contributed by atoms with Crippen molar-refractivity contribution in [1.29, 1.82) is 0 Å². The van der Waals surface area contributed by atoms with E-state index in [2.05, 4.69) is 9.12 Å². The number of hydrogen-bond donors (Lipinski definition) is 2. The number of carbonyl (C=O) groups excluding carboxylic acids is 1. The molecule has 0 spiro atoms. The van der Waals surface area contributed by atoms with E-state index in [1.807, 2.05) is 30.3 Å². The zero-order valence-electron chi connectivity index (χ0n) is 10.4. The van der Waals surface area contributed by atoms with Gasteiger partial charge in [-0.1, -0.05) is 40.7 Å². The third-order valence-electron chi connectivity index (χ3n) is 2.73. The zero-order chi connectivity index (χ0) is 13.7. The lowest BCUT2D eigenvalue weighted by atomic mass is 10.1. The number of nitrogens with zero attached hydrogens (tertiary/aromatic N) is 1. The van der Waals surface area contributed by atoms with E-state index >= 15 is 0 Å². The molecule has 1 aromatic rings. The van der Waals surface area contributed by atoms with Gasteiger partial charge in [-0.25, -0.2) is 4.40 Å². The summed E-state index contributed by atoms with van der Waals surface area (Å²) in [6.45, 7) is 0. The van der Waals surface area contributed by atoms with Crippen molar-refractivity contribution in [3.8, 4) is 0 Å². The zero-order valence-corrected chi connectivity index (χ0v) is 11.2. The van der Waals surface area contributed by atoms with E-state index in [0.717, 1.165) is 12.0 Å². The van der Waals surface area contributed by atoms with Crippen LogP contribution in [0.4, 0.5) is 0 Å². The van der Waals surface area contributed by atoms with E-state index in [1.165, 1.54) is 0 Å². The first-order valence-electron chi connectivity index (χ1n) is 5.98. The standard InChI is InChI=1S/C13H16N2O3S/c16-12(9-11-5-2-1-3-6-11)15-19(10-13(17)18)8-4-7-14-19/h1-3,5-7H,4,8-10H2,(H,15,16)(H,17,18). The molecule has 102 valence electrons. The van der Waals surface area contributed by atoms with Crippen molar-refractivity contribution >= 4 is 28.5 Å². The number of carbonyl (C=O) groups is 2. The van der Waals surface area contributed by atoms with Crippen molar-refractivity contribution in [1.82, 2.24) is 4.72 Å². The van der Waals surface area contributed by atoms with E-state index < -0.39 is 16.4 Å². The van der Waals surface area contributed by atoms with Crippen molar-refractivity contribution < 1.29 is 14.7 Å². The molecule has 19 heavy (non-hydrogen) atoms. The Balaban J connectivity index is 2.00. The summed E-state index contributed by atoms with van der Waals surface area (Å²) < 4.78 is 7.07. The minimum absolute atomic E-state index is 0.0932. The topological polar surface area (TPSA) is 78.8 Å². The molecular formula is C13H16N2O3S. The predicted octanol–water partition coefficient (Wildman–Crippen LogP) is 1.54. The van der Waals surface area contributed by atoms with Gasteiger partial charge in [0.15, 0.2) is 0 Å². The summed E-state index contributed by atoms with van der Waals surface area (Å²) in [5.41, 5.74) is 0.909. The first-order chi connectivity index (χ1) is 9.10. The average Bonchev–Trinajstić information content (AvgIpc) is 2.77. The van der Waals surface area contributed by atoms with Crippen LogP contribution in [0.1, 0.15) is 12.0 Å². The summed E-state index contributed by atoms with van der Waals surface area (Å²) in [4.78, 5) is 22.9. The summed E-state index contributed by atoms with van der Waals surface area (Å²) in [5, 5.41) is 8.94. The molecule has 1 unspecified atom stereocenters. The molecule has 2 rings (SSSR count). The van der Waals surface area contributed by atoms with Crippen molar-refractivity contribution in [2.75, 3.05) is 11.5 Å². The van der Waals surface area contributed by atoms with Crippen LogP contribution in [0.15, 0.2) is 34.7 Å². The van der Waals surface area contributed by atoms with Gasteiger partial charge in [0.05, 0.1) is 6.42 Å². The van der Waals surface area contributed by atoms with Gasteiger partial charge in [0.1, 0.15) is 5.75 Å². The van der Waals surface area contributed by atoms with Gasteiger partial charge in [0.25, 0.3) is 0 Å². The number of rotatable bonds is 5. The quantitative estimate of drug-likeness (QED) is 0.858. The molecule has 2 N–H and O–H groups in total. The Kier molecular flexibility index (Phi) is 4.21. The normalized spacial score (nSPS) is 24.6. The van der Waals surface area contributed by atoms with Crippen LogP contribution >= 0.6 is 10.4 Å². The first kappa shape index (κ1) is 13.6. The number of hydrogen-bond acceptors (Lipinski definition) is 3. The molecule has 0 saturated carbocycles. The summed E-state index contributed by atoms with van der Waals surface area (Å²) in [6.07, 6.45) is 2.69. The molecule has 1 aliphatic heterocycles. The molecule has 1 aliphatic rings. The maximum atomic E-state index is 12.0. The Morgan fingerprint density at radius 3 is 2.63 bits per heavy atom. The number of benzene rings is 1. The number of amides is 1. The fraction of sp³-hybridized carbons (Fsp3) is 0.308. The van der Waals surface area contributed by atoms with Crippen LogP contribution in [0.2, 0.25) is 0 Å². The molecule has 6 heteroatoms. The summed E-state index contributed by atoms with van der Waals surface area (Å²) in [5.74, 6) is -0.556. The van der Waals surface area contributed by atoms with E-state index in [-0.39, 0.29) is 18.1 Å². The summed E-state index contributed by atoms with van der Waals surface area (Å²) in [7, 11) is -1.91. The molecule has 1 heterocycles. The van der Waals surface area contributed by atoms with Crippen molar-refractivity contribution in [3.05, 3.63) is 35.9 Å². The van der Waals surface area contributed by atoms with E-state index in [1.54, 1.807) is 6.21 Å². The minimum Gasteiger partial charge on any atom is -0.481 e. The smallest absolute Gasteiger partial charge is 0.315 e. The van der Waals surface area contributed by atoms with Gasteiger partial charge in [0, 0.05) is 12.0 Å². The molecule has 0 bridgehead atoms. The van der Waals surface area contributed by atoms with Gasteiger partial charge in [-0.2, -0.15) is 0 Å². The highest BCUT2D eigenvalue weighted by Gasteiger charge is 2.30. The van der Waals surface area contributed by atoms with E-state index in [0.29, 0.717) is 5.75 Å². The molecule has 0 saturated heterocycles. The number of aliphatic carboxylic acids is 1. The van der Waals surface area contributed by atoms with Gasteiger partial charge < -0.3 is 9.83 Å². The van der Waals surface area contributed by atoms with E-state index in [4.69, 9.17) is 5.11 Å². The molecule has 0 radical (unpaired) electrons. The molecule has 0 aromatic heterocycles. The van der Waals surface area contributed by atoms with Gasteiger partial charge in [0.2, 0.25) is 5.91 Å². The highest BCUT2D eigenvalue weighted by molar-refractivity contribution is 8.32. The van der Waals surface area contributed by atoms with Crippen LogP contribution < -0.4 is 4.72 Å². The Morgan fingerprint density at radius 2 is 2.05 bits per heavy atom. The molecule has 1 aromatic carbocycles. The fourth-order valence-electron chi connectivity index (χ4n) is 1.95. The molecule has 1 amide bonds. The summed E-state index contributed by atoms with van der Waals surface area (Å²) >= 11 is 0. The molecule has 5 nitrogen and oxygen atoms in total. The monoisotopic (exact) mass is 280 g/mol. The third-order valence-corrected chi connectivity index (χ3v) is 5.53. The Hall–Kier alpha value is -1.82. The Labute approximate surface area is 113 Å². The second-order valence-electron chi connectivity index (χ2n) is 4.35. The Bertz CT molecular complexity index is 504. The van der Waals surface area contributed by atoms with Gasteiger partial charge >= 0.3 is 5.97 Å². The SMILES string of the molecule is O=C(O)CS1(NC(=O)Cc2ccccc2)CCC=N1. The van der Waals surface area contributed by atoms with Gasteiger partial charge in [-0.15, -0.1) is 0 Å². The second kappa shape index (κ2) is 5.88. The third kappa shape index (κ3) is 3.82. The number of carboxylic acids is 1. The van der Waals surface area contributed by atoms with E-state index in [9.17, 15) is 9.59 Å². The maximum absolute atomic E-state index is 12.0. The second-order valence-corrected chi connectivity index (χ2v) is 7.15. The van der Waals surface area contributed by atoms with Crippen LogP contribution in [0.3, 0.4) is 0 Å². The molecule has 1 atom stereocenters. The lowest BCUT2D eigenvalue weighted by Gasteiger charge is -2.31. The van der Waals surface area contributed by atoms with Crippen LogP contribution in [0, 0.1) is 0 Å². The van der Waals surface area contributed by atoms with Crippen molar-refractivity contribution in [2.45, 2.75) is 12.8 Å². The molecular weight excluding hydrogens is 264 g/mol. The molecule has 0 fully saturated rings. The summed E-state index contributed by atoms with van der Waals surface area (Å²) in [6, 6.07) is 9.37. The lowest BCUT2D eigenvalue weighted by molar-refractivity contribution is -0.134. The Morgan fingerprint density at radius 1 is 1.32 bits per heavy atom. The fourth-order valence-corrected chi connectivity index (χ4v) is 4.29. The van der Waals surface area contributed by atoms with Crippen molar-refractivity contribution in [3.63, 3.8) is 0 Å². The van der Waals surface area contributed by atoms with Crippen molar-refractivity contribution in [2.24, 2.45) is 4.40 Å². The highest BCUT2D eigenvalue weighted by atomic mass is 32.3. The first-order valence-corrected chi connectivity index (χ1v) is 7.91. The van der Waals surface area contributed by atoms with Crippen LogP contribution in [-0.4, -0.2) is 34.7 Å². The number of nitrogens with one attached hydrogen (secondary N) is 1. The van der Waals surface area contributed by atoms with Crippen LogP contribution in [0.25, 0.3) is 0 Å². The number of carboxylic acid groups (broad SMARTS) is 1. The highest BCUT2D eigenvalue weighted by Crippen LogP contribution is 2.48. The van der Waals surface area contributed by atoms with Gasteiger partial charge in [-0.3, -0.25) is 9.59 Å². The van der Waals surface area contributed by atoms with Crippen LogP contribution in [-0.2, 0) is 16.0 Å². The minimum atomic E-state index is -1.91. The average molecular weight is 280 g/mol. The van der Waals surface area contributed by atoms with Gasteiger partial charge in [-0.05, 0) is 12.0 Å². The van der Waals surface area contributed by atoms with Crippen LogP contribution in [0.5, 0.6) is 0 Å². The maximum Gasteiger partial charge on any atom is 0.315 e. The lowest BCUT2D eigenvalue weighted by Crippen LogP contribution is -2.32.